The van der Waals surface area contributed by atoms with E-state index in [0.717, 1.165) is 32.4 Å². The number of rotatable bonds is 2. The molecule has 3 aromatic rings. The van der Waals surface area contributed by atoms with Crippen molar-refractivity contribution in [1.29, 1.82) is 0 Å². The minimum atomic E-state index is -0.716. The normalized spacial score (nSPS) is 18.7. The minimum Gasteiger partial charge on any atom is -0.508 e. The van der Waals surface area contributed by atoms with Gasteiger partial charge < -0.3 is 10.4 Å². The molecular weight excluding hydrogens is 394 g/mol. The zero-order valence-electron chi connectivity index (χ0n) is 13.6. The monoisotopic (exact) mass is 409 g/mol. The Morgan fingerprint density at radius 2 is 1.72 bits per heavy atom. The van der Waals surface area contributed by atoms with E-state index in [4.69, 9.17) is 12.2 Å². The third kappa shape index (κ3) is 2.32. The molecule has 4 heteroatoms. The van der Waals surface area contributed by atoms with Crippen LogP contribution in [0.15, 0.2) is 71.2 Å². The van der Waals surface area contributed by atoms with Gasteiger partial charge in [0.05, 0.1) is 10.7 Å². The number of aryl methyl sites for hydroxylation is 1. The van der Waals surface area contributed by atoms with E-state index in [9.17, 15) is 5.11 Å². The predicted octanol–water partition coefficient (Wildman–Crippen LogP) is 5.55. The van der Waals surface area contributed by atoms with Gasteiger partial charge >= 0.3 is 0 Å². The van der Waals surface area contributed by atoms with Gasteiger partial charge in [-0.3, -0.25) is 0 Å². The van der Waals surface area contributed by atoms with Gasteiger partial charge in [-0.15, -0.1) is 0 Å². The highest BCUT2D eigenvalue weighted by Gasteiger charge is 2.48. The van der Waals surface area contributed by atoms with Crippen molar-refractivity contribution in [2.75, 3.05) is 5.32 Å². The van der Waals surface area contributed by atoms with E-state index in [1.165, 1.54) is 0 Å². The van der Waals surface area contributed by atoms with Gasteiger partial charge in [0.15, 0.2) is 0 Å². The zero-order valence-corrected chi connectivity index (χ0v) is 16.0. The second-order valence-corrected chi connectivity index (χ2v) is 7.52. The highest BCUT2D eigenvalue weighted by atomic mass is 79.9. The summed E-state index contributed by atoms with van der Waals surface area (Å²) in [6.07, 6.45) is 0. The number of phenolic OH excluding ortho intramolecular Hbond substituents is 1. The molecule has 0 bridgehead atoms. The van der Waals surface area contributed by atoms with Crippen LogP contribution in [0.1, 0.15) is 22.3 Å². The molecule has 1 aliphatic rings. The third-order valence-electron chi connectivity index (χ3n) is 4.76. The van der Waals surface area contributed by atoms with Crippen molar-refractivity contribution in [2.24, 2.45) is 0 Å². The molecule has 0 saturated heterocycles. The van der Waals surface area contributed by atoms with Gasteiger partial charge in [-0.25, -0.2) is 0 Å². The van der Waals surface area contributed by atoms with Crippen LogP contribution in [0.2, 0.25) is 0 Å². The van der Waals surface area contributed by atoms with E-state index >= 15 is 0 Å². The Kier molecular flexibility index (Phi) is 3.89. The van der Waals surface area contributed by atoms with Gasteiger partial charge in [0.1, 0.15) is 11.2 Å². The summed E-state index contributed by atoms with van der Waals surface area (Å²) in [4.78, 5) is 0.668. The molecular formula is C21H16BrNOS. The number of anilines is 1. The van der Waals surface area contributed by atoms with E-state index in [1.807, 2.05) is 49.4 Å². The molecule has 0 radical (unpaired) electrons. The van der Waals surface area contributed by atoms with Crippen LogP contribution < -0.4 is 5.32 Å². The number of nitrogens with one attached hydrogen (secondary N) is 1. The first-order valence-corrected chi connectivity index (χ1v) is 9.21. The Labute approximate surface area is 160 Å². The first-order valence-electron chi connectivity index (χ1n) is 8.01. The molecule has 0 saturated carbocycles. The number of para-hydroxylation sites is 1. The molecule has 0 amide bonds. The topological polar surface area (TPSA) is 32.3 Å². The van der Waals surface area contributed by atoms with E-state index < -0.39 is 5.41 Å². The maximum absolute atomic E-state index is 10.7. The lowest BCUT2D eigenvalue weighted by Crippen LogP contribution is -2.35. The molecule has 1 unspecified atom stereocenters. The first-order chi connectivity index (χ1) is 12.0. The van der Waals surface area contributed by atoms with Crippen molar-refractivity contribution in [3.05, 3.63) is 93.5 Å². The molecule has 1 aliphatic heterocycles. The molecule has 0 aromatic heterocycles. The standard InChI is InChI=1S/C21H16BrNOS/c1-13-10-11-18(24)16(12-13)21(14-6-3-2-4-7-14)15-8-5-9-17(22)19(15)23-20(21)25/h2-12,24H,1H3,(H,23,25). The fourth-order valence-electron chi connectivity index (χ4n) is 3.64. The lowest BCUT2D eigenvalue weighted by molar-refractivity contribution is 0.464. The van der Waals surface area contributed by atoms with Crippen LogP contribution in [0.4, 0.5) is 5.69 Å². The molecule has 2 N–H and O–H groups in total. The van der Waals surface area contributed by atoms with Crippen LogP contribution in [0.3, 0.4) is 0 Å². The predicted molar refractivity (Wildman–Crippen MR) is 110 cm³/mol. The van der Waals surface area contributed by atoms with Gasteiger partial charge in [0.25, 0.3) is 0 Å². The van der Waals surface area contributed by atoms with E-state index in [2.05, 4.69) is 39.4 Å². The van der Waals surface area contributed by atoms with Crippen LogP contribution in [-0.2, 0) is 5.41 Å². The van der Waals surface area contributed by atoms with Crippen molar-refractivity contribution in [3.8, 4) is 5.75 Å². The summed E-state index contributed by atoms with van der Waals surface area (Å²) in [6, 6.07) is 21.9. The molecule has 1 atom stereocenters. The number of fused-ring (bicyclic) bond motifs is 1. The van der Waals surface area contributed by atoms with E-state index in [-0.39, 0.29) is 5.75 Å². The van der Waals surface area contributed by atoms with Gasteiger partial charge in [0, 0.05) is 10.0 Å². The fraction of sp³-hybridized carbons (Fsp3) is 0.0952. The number of phenols is 1. The number of aromatic hydroxyl groups is 1. The quantitative estimate of drug-likeness (QED) is 0.544. The average Bonchev–Trinajstić information content (AvgIpc) is 2.92. The molecule has 124 valence electrons. The number of benzene rings is 3. The summed E-state index contributed by atoms with van der Waals surface area (Å²) in [6.45, 7) is 2.02. The van der Waals surface area contributed by atoms with E-state index in [1.54, 1.807) is 6.07 Å². The molecule has 25 heavy (non-hydrogen) atoms. The number of halogens is 1. The van der Waals surface area contributed by atoms with Crippen molar-refractivity contribution < 1.29 is 5.11 Å². The van der Waals surface area contributed by atoms with Gasteiger partial charge in [-0.2, -0.15) is 0 Å². The molecule has 0 fully saturated rings. The number of hydrogen-bond acceptors (Lipinski definition) is 2. The second-order valence-electron chi connectivity index (χ2n) is 6.25. The lowest BCUT2D eigenvalue weighted by Gasteiger charge is -2.32. The summed E-state index contributed by atoms with van der Waals surface area (Å²) in [5.74, 6) is 0.242. The Bertz CT molecular complexity index is 986. The highest BCUT2D eigenvalue weighted by molar-refractivity contribution is 9.10. The Hall–Kier alpha value is -2.17. The molecule has 1 heterocycles. The average molecular weight is 410 g/mol. The largest absolute Gasteiger partial charge is 0.508 e. The highest BCUT2D eigenvalue weighted by Crippen LogP contribution is 2.52. The lowest BCUT2D eigenvalue weighted by atomic mass is 9.70. The zero-order chi connectivity index (χ0) is 17.6. The molecule has 2 nitrogen and oxygen atoms in total. The summed E-state index contributed by atoms with van der Waals surface area (Å²) < 4.78 is 0.956. The first kappa shape index (κ1) is 16.3. The van der Waals surface area contributed by atoms with Crippen LogP contribution in [-0.4, -0.2) is 10.1 Å². The number of hydrogen-bond donors (Lipinski definition) is 2. The Morgan fingerprint density at radius 1 is 0.960 bits per heavy atom. The molecule has 0 aliphatic carbocycles. The van der Waals surface area contributed by atoms with Crippen molar-refractivity contribution in [3.63, 3.8) is 0 Å². The van der Waals surface area contributed by atoms with Crippen LogP contribution in [0, 0.1) is 6.92 Å². The maximum atomic E-state index is 10.7. The van der Waals surface area contributed by atoms with Crippen molar-refractivity contribution >= 4 is 38.8 Å². The third-order valence-corrected chi connectivity index (χ3v) is 5.83. The number of thiocarbonyl (C=S) groups is 1. The van der Waals surface area contributed by atoms with Gasteiger partial charge in [-0.05, 0) is 46.1 Å². The minimum absolute atomic E-state index is 0.242. The Morgan fingerprint density at radius 3 is 2.48 bits per heavy atom. The smallest absolute Gasteiger partial charge is 0.120 e. The summed E-state index contributed by atoms with van der Waals surface area (Å²) in [5, 5.41) is 14.1. The van der Waals surface area contributed by atoms with Crippen molar-refractivity contribution in [1.82, 2.24) is 0 Å². The van der Waals surface area contributed by atoms with E-state index in [0.29, 0.717) is 4.99 Å². The SMILES string of the molecule is Cc1ccc(O)c(C2(c3ccccc3)C(=S)Nc3c(Br)cccc32)c1. The van der Waals surface area contributed by atoms with Gasteiger partial charge in [0.2, 0.25) is 0 Å². The summed E-state index contributed by atoms with van der Waals surface area (Å²) in [5.41, 5.74) is 4.19. The van der Waals surface area contributed by atoms with Crippen LogP contribution >= 0.6 is 28.1 Å². The summed E-state index contributed by atoms with van der Waals surface area (Å²) in [7, 11) is 0. The molecule has 3 aromatic carbocycles. The molecule has 4 rings (SSSR count). The molecule has 0 spiro atoms. The van der Waals surface area contributed by atoms with Crippen LogP contribution in [0.25, 0.3) is 0 Å². The maximum Gasteiger partial charge on any atom is 0.120 e. The van der Waals surface area contributed by atoms with Gasteiger partial charge in [-0.1, -0.05) is 72.4 Å². The summed E-state index contributed by atoms with van der Waals surface area (Å²) >= 11 is 9.46. The second kappa shape index (κ2) is 5.97. The Balaban J connectivity index is 2.15. The fourth-order valence-corrected chi connectivity index (χ4v) is 4.55. The van der Waals surface area contributed by atoms with Crippen molar-refractivity contribution in [2.45, 2.75) is 12.3 Å². The van der Waals surface area contributed by atoms with Crippen LogP contribution in [0.5, 0.6) is 5.75 Å².